The third-order valence-corrected chi connectivity index (χ3v) is 4.21. The average molecular weight is 397 g/mol. The maximum atomic E-state index is 12.3. The molecule has 9 nitrogen and oxygen atoms in total. The molecule has 0 saturated carbocycles. The summed E-state index contributed by atoms with van der Waals surface area (Å²) >= 11 is 0. The second-order valence-corrected chi connectivity index (χ2v) is 6.97. The van der Waals surface area contributed by atoms with Crippen molar-refractivity contribution < 1.29 is 28.8 Å². The molecular weight excluding hydrogens is 366 g/mol. The fourth-order valence-electron chi connectivity index (χ4n) is 2.47. The summed E-state index contributed by atoms with van der Waals surface area (Å²) in [4.78, 5) is 70.0. The summed E-state index contributed by atoms with van der Waals surface area (Å²) in [5.74, 6) is -3.00. The van der Waals surface area contributed by atoms with Crippen molar-refractivity contribution >= 4 is 35.1 Å². The molecule has 0 aromatic heterocycles. The van der Waals surface area contributed by atoms with Crippen LogP contribution in [0.4, 0.5) is 0 Å². The molecule has 0 bridgehead atoms. The van der Waals surface area contributed by atoms with E-state index in [9.17, 15) is 28.8 Å². The van der Waals surface area contributed by atoms with E-state index >= 15 is 0 Å². The summed E-state index contributed by atoms with van der Waals surface area (Å²) in [6.07, 6.45) is 0.555. The number of amides is 3. The quantitative estimate of drug-likeness (QED) is 0.380. The summed E-state index contributed by atoms with van der Waals surface area (Å²) in [6.45, 7) is 6.09. The van der Waals surface area contributed by atoms with Crippen molar-refractivity contribution in [1.29, 1.82) is 0 Å². The van der Waals surface area contributed by atoms with Crippen molar-refractivity contribution in [2.75, 3.05) is 0 Å². The van der Waals surface area contributed by atoms with Crippen LogP contribution in [0.25, 0.3) is 0 Å². The van der Waals surface area contributed by atoms with Crippen LogP contribution in [0.15, 0.2) is 0 Å². The molecule has 9 heteroatoms. The molecule has 0 aliphatic carbocycles. The number of hydrogen-bond acceptors (Lipinski definition) is 6. The summed E-state index contributed by atoms with van der Waals surface area (Å²) in [6, 6.07) is -1.79. The standard InChI is InChI=1S/C19H31N3O6/c1-5-15(24)14(10-17(20)26)22-19(28)11(2)9-16(25)13(4)21-18(27)8-6-7-12(3)23/h11,13-14H,5-10H2,1-4H3,(H2,20,26)(H,21,27)(H,22,28)/t11-,13-,14-/m0/s1. The van der Waals surface area contributed by atoms with E-state index in [1.165, 1.54) is 20.8 Å². The fraction of sp³-hybridized carbons (Fsp3) is 0.684. The molecule has 3 amide bonds. The molecule has 0 saturated heterocycles. The molecular formula is C19H31N3O6. The Labute approximate surface area is 165 Å². The number of carbonyl (C=O) groups is 6. The summed E-state index contributed by atoms with van der Waals surface area (Å²) in [5.41, 5.74) is 5.10. The first-order valence-electron chi connectivity index (χ1n) is 9.40. The van der Waals surface area contributed by atoms with Gasteiger partial charge < -0.3 is 21.2 Å². The molecule has 158 valence electrons. The van der Waals surface area contributed by atoms with Gasteiger partial charge in [0, 0.05) is 31.6 Å². The predicted octanol–water partition coefficient (Wildman–Crippen LogP) is 0.185. The Kier molecular flexibility index (Phi) is 11.6. The number of rotatable bonds is 14. The number of ketones is 3. The second kappa shape index (κ2) is 12.7. The normalized spacial score (nSPS) is 13.7. The molecule has 0 fully saturated rings. The zero-order valence-electron chi connectivity index (χ0n) is 17.0. The maximum Gasteiger partial charge on any atom is 0.223 e. The van der Waals surface area contributed by atoms with Gasteiger partial charge in [0.05, 0.1) is 18.5 Å². The largest absolute Gasteiger partial charge is 0.370 e. The molecule has 0 rings (SSSR count). The van der Waals surface area contributed by atoms with Crippen LogP contribution in [0, 0.1) is 5.92 Å². The summed E-state index contributed by atoms with van der Waals surface area (Å²) in [7, 11) is 0. The Morgan fingerprint density at radius 3 is 2.00 bits per heavy atom. The average Bonchev–Trinajstić information content (AvgIpc) is 2.59. The SMILES string of the molecule is CCC(=O)[C@H](CC(N)=O)NC(=O)[C@@H](C)CC(=O)[C@H](C)NC(=O)CCCC(C)=O. The third kappa shape index (κ3) is 10.5. The van der Waals surface area contributed by atoms with Crippen LogP contribution < -0.4 is 16.4 Å². The van der Waals surface area contributed by atoms with E-state index in [0.29, 0.717) is 12.8 Å². The van der Waals surface area contributed by atoms with Gasteiger partial charge in [-0.05, 0) is 20.3 Å². The first-order chi connectivity index (χ1) is 13.0. The van der Waals surface area contributed by atoms with Gasteiger partial charge in [0.1, 0.15) is 5.78 Å². The third-order valence-electron chi connectivity index (χ3n) is 4.21. The molecule has 28 heavy (non-hydrogen) atoms. The number of hydrogen-bond donors (Lipinski definition) is 3. The molecule has 0 aliphatic rings. The lowest BCUT2D eigenvalue weighted by Crippen LogP contribution is -2.46. The van der Waals surface area contributed by atoms with Crippen LogP contribution in [0.3, 0.4) is 0 Å². The summed E-state index contributed by atoms with van der Waals surface area (Å²) in [5, 5.41) is 5.01. The topological polar surface area (TPSA) is 152 Å². The molecule has 0 aliphatic heterocycles. The van der Waals surface area contributed by atoms with Crippen LogP contribution in [0.5, 0.6) is 0 Å². The Balaban J connectivity index is 4.58. The van der Waals surface area contributed by atoms with E-state index in [-0.39, 0.29) is 48.9 Å². The Hall–Kier alpha value is -2.58. The van der Waals surface area contributed by atoms with Gasteiger partial charge in [-0.25, -0.2) is 0 Å². The van der Waals surface area contributed by atoms with Crippen molar-refractivity contribution in [2.45, 2.75) is 78.3 Å². The van der Waals surface area contributed by atoms with Gasteiger partial charge >= 0.3 is 0 Å². The highest BCUT2D eigenvalue weighted by Gasteiger charge is 2.26. The minimum absolute atomic E-state index is 0.00652. The highest BCUT2D eigenvalue weighted by atomic mass is 16.2. The van der Waals surface area contributed by atoms with Crippen molar-refractivity contribution in [2.24, 2.45) is 11.7 Å². The smallest absolute Gasteiger partial charge is 0.223 e. The van der Waals surface area contributed by atoms with Crippen LogP contribution >= 0.6 is 0 Å². The predicted molar refractivity (Wildman–Crippen MR) is 102 cm³/mol. The summed E-state index contributed by atoms with van der Waals surface area (Å²) < 4.78 is 0. The molecule has 0 spiro atoms. The van der Waals surface area contributed by atoms with Gasteiger partial charge in [0.2, 0.25) is 17.7 Å². The molecule has 0 heterocycles. The number of nitrogens with two attached hydrogens (primary N) is 1. The Morgan fingerprint density at radius 1 is 0.893 bits per heavy atom. The number of nitrogens with one attached hydrogen (secondary N) is 2. The van der Waals surface area contributed by atoms with E-state index in [2.05, 4.69) is 10.6 Å². The molecule has 0 aromatic carbocycles. The zero-order valence-corrected chi connectivity index (χ0v) is 17.0. The van der Waals surface area contributed by atoms with Gasteiger partial charge in [-0.1, -0.05) is 13.8 Å². The first kappa shape index (κ1) is 25.4. The van der Waals surface area contributed by atoms with Gasteiger partial charge in [0.25, 0.3) is 0 Å². The van der Waals surface area contributed by atoms with Crippen LogP contribution in [-0.4, -0.2) is 47.2 Å². The van der Waals surface area contributed by atoms with E-state index in [1.807, 2.05) is 0 Å². The van der Waals surface area contributed by atoms with Crippen LogP contribution in [0.1, 0.15) is 66.2 Å². The van der Waals surface area contributed by atoms with Gasteiger partial charge in [-0.2, -0.15) is 0 Å². The van der Waals surface area contributed by atoms with Crippen molar-refractivity contribution in [3.63, 3.8) is 0 Å². The van der Waals surface area contributed by atoms with Crippen molar-refractivity contribution in [1.82, 2.24) is 10.6 Å². The van der Waals surface area contributed by atoms with E-state index in [4.69, 9.17) is 5.73 Å². The van der Waals surface area contributed by atoms with E-state index in [1.54, 1.807) is 6.92 Å². The lowest BCUT2D eigenvalue weighted by molar-refractivity contribution is -0.133. The molecule has 0 unspecified atom stereocenters. The van der Waals surface area contributed by atoms with Crippen molar-refractivity contribution in [3.8, 4) is 0 Å². The Morgan fingerprint density at radius 2 is 1.50 bits per heavy atom. The second-order valence-electron chi connectivity index (χ2n) is 6.97. The van der Waals surface area contributed by atoms with Gasteiger partial charge in [0.15, 0.2) is 11.6 Å². The Bertz CT molecular complexity index is 617. The number of primary amides is 1. The zero-order chi connectivity index (χ0) is 21.9. The molecule has 4 N–H and O–H groups in total. The minimum Gasteiger partial charge on any atom is -0.370 e. The highest BCUT2D eigenvalue weighted by molar-refractivity contribution is 5.95. The van der Waals surface area contributed by atoms with Crippen molar-refractivity contribution in [3.05, 3.63) is 0 Å². The first-order valence-corrected chi connectivity index (χ1v) is 9.40. The van der Waals surface area contributed by atoms with Crippen LogP contribution in [0.2, 0.25) is 0 Å². The van der Waals surface area contributed by atoms with E-state index < -0.39 is 29.8 Å². The molecule has 0 aromatic rings. The molecule has 0 radical (unpaired) electrons. The van der Waals surface area contributed by atoms with Gasteiger partial charge in [-0.3, -0.25) is 24.0 Å². The maximum absolute atomic E-state index is 12.3. The monoisotopic (exact) mass is 397 g/mol. The minimum atomic E-state index is -1.01. The molecule has 3 atom stereocenters. The van der Waals surface area contributed by atoms with E-state index in [0.717, 1.165) is 0 Å². The fourth-order valence-corrected chi connectivity index (χ4v) is 2.47. The number of Topliss-reactive ketones (excluding diaryl/α,β-unsaturated/α-hetero) is 3. The highest BCUT2D eigenvalue weighted by Crippen LogP contribution is 2.08. The lowest BCUT2D eigenvalue weighted by Gasteiger charge is -2.20. The number of carbonyl (C=O) groups excluding carboxylic acids is 6. The van der Waals surface area contributed by atoms with Gasteiger partial charge in [-0.15, -0.1) is 0 Å². The lowest BCUT2D eigenvalue weighted by atomic mass is 9.98. The van der Waals surface area contributed by atoms with Crippen LogP contribution in [-0.2, 0) is 28.8 Å².